The molecule has 0 amide bonds. The van der Waals surface area contributed by atoms with E-state index in [0.717, 1.165) is 16.5 Å². The van der Waals surface area contributed by atoms with Gasteiger partial charge < -0.3 is 10.6 Å². The normalized spacial score (nSPS) is 11.0. The highest BCUT2D eigenvalue weighted by Crippen LogP contribution is 2.26. The van der Waals surface area contributed by atoms with Gasteiger partial charge >= 0.3 is 0 Å². The van der Waals surface area contributed by atoms with Crippen LogP contribution in [-0.2, 0) is 0 Å². The van der Waals surface area contributed by atoms with Crippen molar-refractivity contribution in [3.8, 4) is 6.07 Å². The highest BCUT2D eigenvalue weighted by molar-refractivity contribution is 6.23. The van der Waals surface area contributed by atoms with E-state index in [2.05, 4.69) is 16.7 Å². The summed E-state index contributed by atoms with van der Waals surface area (Å²) in [6.45, 7) is 0. The number of anilines is 1. The van der Waals surface area contributed by atoms with Crippen molar-refractivity contribution in [3.05, 3.63) is 53.8 Å². The van der Waals surface area contributed by atoms with Crippen molar-refractivity contribution in [3.63, 3.8) is 0 Å². The Bertz CT molecular complexity index is 641. The summed E-state index contributed by atoms with van der Waals surface area (Å²) in [6.07, 6.45) is 1.67. The van der Waals surface area contributed by atoms with E-state index >= 15 is 0 Å². The van der Waals surface area contributed by atoms with Crippen LogP contribution in [0.2, 0.25) is 0 Å². The molecule has 18 heavy (non-hydrogen) atoms. The Kier molecular flexibility index (Phi) is 3.54. The average molecular weight is 233 g/mol. The van der Waals surface area contributed by atoms with E-state index in [1.807, 2.05) is 30.3 Å². The first kappa shape index (κ1) is 12.1. The summed E-state index contributed by atoms with van der Waals surface area (Å²) in [5.41, 5.74) is 2.06. The summed E-state index contributed by atoms with van der Waals surface area (Å²) in [6, 6.07) is 13.6. The van der Waals surface area contributed by atoms with Crippen LogP contribution in [0.5, 0.6) is 0 Å². The molecule has 2 radical (unpaired) electrons. The Balaban J connectivity index is 2.54. The second-order valence-corrected chi connectivity index (χ2v) is 3.83. The minimum atomic E-state index is 0.521. The fourth-order valence-electron chi connectivity index (χ4n) is 1.85. The van der Waals surface area contributed by atoms with Gasteiger partial charge in [-0.2, -0.15) is 5.26 Å². The Morgan fingerprint density at radius 3 is 2.61 bits per heavy atom. The van der Waals surface area contributed by atoms with E-state index in [9.17, 15) is 0 Å². The van der Waals surface area contributed by atoms with Crippen LogP contribution in [0.4, 0.5) is 5.69 Å². The molecule has 0 saturated carbocycles. The summed E-state index contributed by atoms with van der Waals surface area (Å²) in [5, 5.41) is 16.9. The van der Waals surface area contributed by atoms with Gasteiger partial charge in [-0.05, 0) is 17.7 Å². The molecule has 0 atom stereocenters. The Morgan fingerprint density at radius 2 is 1.94 bits per heavy atom. The third kappa shape index (κ3) is 2.30. The van der Waals surface area contributed by atoms with Crippen LogP contribution in [0.25, 0.3) is 10.8 Å². The van der Waals surface area contributed by atoms with Gasteiger partial charge in [-0.3, -0.25) is 0 Å². The van der Waals surface area contributed by atoms with E-state index in [4.69, 9.17) is 13.1 Å². The van der Waals surface area contributed by atoms with Crippen molar-refractivity contribution in [1.82, 2.24) is 5.32 Å². The summed E-state index contributed by atoms with van der Waals surface area (Å²) in [7, 11) is 7.58. The number of rotatable bonds is 3. The van der Waals surface area contributed by atoms with Gasteiger partial charge in [0, 0.05) is 29.7 Å². The molecule has 0 bridgehead atoms. The van der Waals surface area contributed by atoms with Crippen LogP contribution in [0, 0.1) is 11.3 Å². The quantitative estimate of drug-likeness (QED) is 0.799. The molecule has 2 aromatic carbocycles. The van der Waals surface area contributed by atoms with Crippen molar-refractivity contribution in [2.75, 3.05) is 12.4 Å². The number of hydrogen-bond acceptors (Lipinski definition) is 3. The van der Waals surface area contributed by atoms with Gasteiger partial charge in [0.2, 0.25) is 0 Å². The molecule has 86 valence electrons. The van der Waals surface area contributed by atoms with Crippen LogP contribution >= 0.6 is 0 Å². The van der Waals surface area contributed by atoms with Gasteiger partial charge in [-0.25, -0.2) is 0 Å². The summed E-state index contributed by atoms with van der Waals surface area (Å²) < 4.78 is 0. The third-order valence-electron chi connectivity index (χ3n) is 2.62. The largest absolute Gasteiger partial charge is 0.393 e. The molecule has 4 heteroatoms. The molecular formula is C14H12BN3. The molecule has 0 unspecified atom stereocenters. The summed E-state index contributed by atoms with van der Waals surface area (Å²) >= 11 is 0. The van der Waals surface area contributed by atoms with Crippen LogP contribution < -0.4 is 10.6 Å². The first-order chi connectivity index (χ1) is 8.76. The van der Waals surface area contributed by atoms with E-state index in [1.54, 1.807) is 19.3 Å². The highest BCUT2D eigenvalue weighted by Gasteiger charge is 2.04. The lowest BCUT2D eigenvalue weighted by Crippen LogP contribution is -2.05. The molecule has 0 spiro atoms. The maximum absolute atomic E-state index is 9.08. The van der Waals surface area contributed by atoms with Crippen LogP contribution in [0.1, 0.15) is 5.56 Å². The molecule has 0 aliphatic rings. The van der Waals surface area contributed by atoms with E-state index in [1.165, 1.54) is 0 Å². The maximum Gasteiger partial charge on any atom is 0.140 e. The lowest BCUT2D eigenvalue weighted by Gasteiger charge is -2.11. The zero-order chi connectivity index (χ0) is 13.0. The van der Waals surface area contributed by atoms with Crippen LogP contribution in [0.15, 0.2) is 48.2 Å². The molecule has 0 saturated heterocycles. The monoisotopic (exact) mass is 233 g/mol. The number of hydrogen-bond donors (Lipinski definition) is 2. The molecule has 2 rings (SSSR count). The lowest BCUT2D eigenvalue weighted by atomic mass is 10.0. The number of benzene rings is 2. The number of nitriles is 1. The van der Waals surface area contributed by atoms with Gasteiger partial charge in [0.1, 0.15) is 7.85 Å². The molecule has 0 aromatic heterocycles. The average Bonchev–Trinajstić information content (AvgIpc) is 2.39. The van der Waals surface area contributed by atoms with Crippen molar-refractivity contribution in [2.45, 2.75) is 0 Å². The van der Waals surface area contributed by atoms with Gasteiger partial charge in [-0.1, -0.05) is 24.3 Å². The molecule has 2 N–H and O–H groups in total. The fraction of sp³-hybridized carbons (Fsp3) is 0.0714. The summed E-state index contributed by atoms with van der Waals surface area (Å²) in [5.74, 6) is 0. The van der Waals surface area contributed by atoms with E-state index < -0.39 is 0 Å². The third-order valence-corrected chi connectivity index (χ3v) is 2.62. The number of nitrogens with one attached hydrogen (secondary N) is 2. The Labute approximate surface area is 108 Å². The highest BCUT2D eigenvalue weighted by atomic mass is 14.9. The van der Waals surface area contributed by atoms with Crippen molar-refractivity contribution >= 4 is 24.3 Å². The second kappa shape index (κ2) is 5.28. The molecule has 0 aliphatic heterocycles. The van der Waals surface area contributed by atoms with Crippen LogP contribution in [0.3, 0.4) is 0 Å². The maximum atomic E-state index is 9.08. The number of nitrogens with zero attached hydrogens (tertiary/aromatic N) is 1. The van der Waals surface area contributed by atoms with E-state index in [0.29, 0.717) is 11.2 Å². The Morgan fingerprint density at radius 1 is 1.22 bits per heavy atom. The van der Waals surface area contributed by atoms with Crippen LogP contribution in [-0.4, -0.2) is 14.9 Å². The van der Waals surface area contributed by atoms with Crippen molar-refractivity contribution in [2.24, 2.45) is 0 Å². The molecule has 0 aliphatic carbocycles. The fourth-order valence-corrected chi connectivity index (χ4v) is 1.85. The molecule has 2 aromatic rings. The first-order valence-electron chi connectivity index (χ1n) is 5.58. The standard InChI is InChI=1S/C14H12BN3/c1-17-9-14(15)18-13-7-6-10(8-16)11-4-2-3-5-12(11)13/h2-7,9,17-18H,1H3/b14-9-. The molecule has 3 nitrogen and oxygen atoms in total. The summed E-state index contributed by atoms with van der Waals surface area (Å²) in [4.78, 5) is 0. The smallest absolute Gasteiger partial charge is 0.140 e. The zero-order valence-corrected chi connectivity index (χ0v) is 10.1. The predicted octanol–water partition coefficient (Wildman–Crippen LogP) is 2.31. The van der Waals surface area contributed by atoms with Gasteiger partial charge in [0.25, 0.3) is 0 Å². The molecule has 0 heterocycles. The van der Waals surface area contributed by atoms with Crippen molar-refractivity contribution in [1.29, 1.82) is 5.26 Å². The van der Waals surface area contributed by atoms with Crippen molar-refractivity contribution < 1.29 is 0 Å². The van der Waals surface area contributed by atoms with Gasteiger partial charge in [0.05, 0.1) is 11.6 Å². The zero-order valence-electron chi connectivity index (χ0n) is 10.1. The molecule has 0 fully saturated rings. The first-order valence-corrected chi connectivity index (χ1v) is 5.58. The lowest BCUT2D eigenvalue weighted by molar-refractivity contribution is 1.09. The minimum absolute atomic E-state index is 0.521. The molecular weight excluding hydrogens is 221 g/mol. The SMILES string of the molecule is [B]/C(=C/NC)Nc1ccc(C#N)c2ccccc12. The minimum Gasteiger partial charge on any atom is -0.393 e. The number of fused-ring (bicyclic) bond motifs is 1. The second-order valence-electron chi connectivity index (χ2n) is 3.83. The van der Waals surface area contributed by atoms with Gasteiger partial charge in [-0.15, -0.1) is 0 Å². The Hall–Kier alpha value is -2.41. The van der Waals surface area contributed by atoms with E-state index in [-0.39, 0.29) is 0 Å². The predicted molar refractivity (Wildman–Crippen MR) is 75.2 cm³/mol. The topological polar surface area (TPSA) is 47.8 Å². The van der Waals surface area contributed by atoms with Gasteiger partial charge in [0.15, 0.2) is 0 Å².